The van der Waals surface area contributed by atoms with Crippen molar-refractivity contribution in [2.45, 2.75) is 6.92 Å². The molecule has 1 amide bonds. The maximum absolute atomic E-state index is 13.3. The van der Waals surface area contributed by atoms with Gasteiger partial charge in [0.15, 0.2) is 0 Å². The van der Waals surface area contributed by atoms with Crippen LogP contribution in [0.5, 0.6) is 5.75 Å². The lowest BCUT2D eigenvalue weighted by Gasteiger charge is -2.11. The van der Waals surface area contributed by atoms with Crippen LogP contribution in [0.2, 0.25) is 0 Å². The number of ether oxygens (including phenoxy) is 1. The number of carbonyl (C=O) groups is 1. The number of hydrogen-bond acceptors (Lipinski definition) is 2. The van der Waals surface area contributed by atoms with Crippen molar-refractivity contribution < 1.29 is 13.9 Å². The molecule has 0 aromatic heterocycles. The molecule has 0 saturated heterocycles. The van der Waals surface area contributed by atoms with E-state index in [9.17, 15) is 9.18 Å². The van der Waals surface area contributed by atoms with Crippen molar-refractivity contribution in [1.82, 2.24) is 0 Å². The van der Waals surface area contributed by atoms with Crippen molar-refractivity contribution in [3.05, 3.63) is 57.8 Å². The highest BCUT2D eigenvalue weighted by molar-refractivity contribution is 9.10. The van der Waals surface area contributed by atoms with Gasteiger partial charge in [0.25, 0.3) is 5.91 Å². The highest BCUT2D eigenvalue weighted by Crippen LogP contribution is 2.28. The zero-order chi connectivity index (χ0) is 14.7. The average molecular weight is 338 g/mol. The van der Waals surface area contributed by atoms with Crippen molar-refractivity contribution in [3.63, 3.8) is 0 Å². The van der Waals surface area contributed by atoms with Crippen LogP contribution < -0.4 is 10.1 Å². The maximum Gasteiger partial charge on any atom is 0.255 e. The van der Waals surface area contributed by atoms with Crippen LogP contribution in [-0.4, -0.2) is 13.0 Å². The highest BCUT2D eigenvalue weighted by atomic mass is 79.9. The van der Waals surface area contributed by atoms with Gasteiger partial charge < -0.3 is 10.1 Å². The van der Waals surface area contributed by atoms with E-state index in [1.807, 2.05) is 0 Å². The molecule has 5 heteroatoms. The Morgan fingerprint density at radius 2 is 2.00 bits per heavy atom. The van der Waals surface area contributed by atoms with E-state index in [2.05, 4.69) is 21.2 Å². The minimum atomic E-state index is -0.434. The third kappa shape index (κ3) is 3.36. The smallest absolute Gasteiger partial charge is 0.255 e. The van der Waals surface area contributed by atoms with Gasteiger partial charge in [-0.3, -0.25) is 4.79 Å². The number of aryl methyl sites for hydroxylation is 1. The summed E-state index contributed by atoms with van der Waals surface area (Å²) in [7, 11) is 1.52. The van der Waals surface area contributed by atoms with Crippen molar-refractivity contribution in [1.29, 1.82) is 0 Å². The third-order valence-electron chi connectivity index (χ3n) is 2.71. The molecule has 104 valence electrons. The fourth-order valence-electron chi connectivity index (χ4n) is 1.84. The predicted molar refractivity (Wildman–Crippen MR) is 79.8 cm³/mol. The molecule has 0 radical (unpaired) electrons. The fraction of sp³-hybridized carbons (Fsp3) is 0.133. The molecule has 0 aliphatic heterocycles. The first-order chi connectivity index (χ1) is 9.49. The largest absolute Gasteiger partial charge is 0.495 e. The molecule has 1 N–H and O–H groups in total. The standard InChI is InChI=1S/C15H13BrFNO2/c1-9-5-10(7-12(17)6-9)15(19)18-13-8-11(16)3-4-14(13)20-2/h3-8H,1-2H3,(H,18,19). The van der Waals surface area contributed by atoms with E-state index in [0.29, 0.717) is 17.0 Å². The molecule has 20 heavy (non-hydrogen) atoms. The number of rotatable bonds is 3. The third-order valence-corrected chi connectivity index (χ3v) is 3.21. The molecular formula is C15H13BrFNO2. The lowest BCUT2D eigenvalue weighted by molar-refractivity contribution is 0.102. The summed E-state index contributed by atoms with van der Waals surface area (Å²) in [5.74, 6) is -0.282. The number of benzene rings is 2. The molecule has 0 aliphatic rings. The van der Waals surface area contributed by atoms with Crippen molar-refractivity contribution in [3.8, 4) is 5.75 Å². The molecular weight excluding hydrogens is 325 g/mol. The summed E-state index contributed by atoms with van der Waals surface area (Å²) in [6.07, 6.45) is 0. The first-order valence-corrected chi connectivity index (χ1v) is 6.71. The van der Waals surface area contributed by atoms with Gasteiger partial charge in [0.2, 0.25) is 0 Å². The first kappa shape index (κ1) is 14.5. The Kier molecular flexibility index (Phi) is 4.39. The van der Waals surface area contributed by atoms with E-state index in [1.54, 1.807) is 31.2 Å². The molecule has 0 bridgehead atoms. The van der Waals surface area contributed by atoms with Crippen LogP contribution in [0.15, 0.2) is 40.9 Å². The Morgan fingerprint density at radius 1 is 1.25 bits per heavy atom. The summed E-state index contributed by atoms with van der Waals surface area (Å²) in [6, 6.07) is 9.46. The molecule has 0 saturated carbocycles. The number of halogens is 2. The quantitative estimate of drug-likeness (QED) is 0.913. The SMILES string of the molecule is COc1ccc(Br)cc1NC(=O)c1cc(C)cc(F)c1. The number of amides is 1. The molecule has 2 aromatic rings. The minimum absolute atomic E-state index is 0.268. The van der Waals surface area contributed by atoms with Gasteiger partial charge in [-0.2, -0.15) is 0 Å². The van der Waals surface area contributed by atoms with E-state index in [1.165, 1.54) is 19.2 Å². The van der Waals surface area contributed by atoms with Crippen molar-refractivity contribution in [2.24, 2.45) is 0 Å². The van der Waals surface area contributed by atoms with Gasteiger partial charge >= 0.3 is 0 Å². The van der Waals surface area contributed by atoms with E-state index in [0.717, 1.165) is 4.47 Å². The molecule has 0 heterocycles. The number of nitrogens with one attached hydrogen (secondary N) is 1. The maximum atomic E-state index is 13.3. The van der Waals surface area contributed by atoms with Crippen molar-refractivity contribution in [2.75, 3.05) is 12.4 Å². The van der Waals surface area contributed by atoms with Gasteiger partial charge in [0.1, 0.15) is 11.6 Å². The van der Waals surface area contributed by atoms with Crippen LogP contribution in [0.25, 0.3) is 0 Å². The Balaban J connectivity index is 2.29. The molecule has 2 rings (SSSR count). The summed E-state index contributed by atoms with van der Waals surface area (Å²) >= 11 is 3.33. The van der Waals surface area contributed by atoms with Gasteiger partial charge in [-0.25, -0.2) is 4.39 Å². The van der Waals surface area contributed by atoms with E-state index in [-0.39, 0.29) is 11.5 Å². The van der Waals surface area contributed by atoms with Crippen LogP contribution in [0.4, 0.5) is 10.1 Å². The Labute approximate surface area is 124 Å². The first-order valence-electron chi connectivity index (χ1n) is 5.91. The second kappa shape index (κ2) is 6.05. The molecule has 0 aliphatic carbocycles. The fourth-order valence-corrected chi connectivity index (χ4v) is 2.20. The van der Waals surface area contributed by atoms with E-state index < -0.39 is 5.82 Å². The van der Waals surface area contributed by atoms with E-state index in [4.69, 9.17) is 4.74 Å². The second-order valence-electron chi connectivity index (χ2n) is 4.32. The van der Waals surface area contributed by atoms with Gasteiger partial charge in [-0.15, -0.1) is 0 Å². The summed E-state index contributed by atoms with van der Waals surface area (Å²) in [5.41, 5.74) is 1.48. The number of carbonyl (C=O) groups excluding carboxylic acids is 1. The summed E-state index contributed by atoms with van der Waals surface area (Å²) in [5, 5.41) is 2.71. The van der Waals surface area contributed by atoms with E-state index >= 15 is 0 Å². The normalized spacial score (nSPS) is 10.2. The van der Waals surface area contributed by atoms with Crippen LogP contribution in [0, 0.1) is 12.7 Å². The van der Waals surface area contributed by atoms with Gasteiger partial charge in [-0.1, -0.05) is 15.9 Å². The summed E-state index contributed by atoms with van der Waals surface area (Å²) in [4.78, 5) is 12.1. The number of hydrogen-bond donors (Lipinski definition) is 1. The summed E-state index contributed by atoms with van der Waals surface area (Å²) in [6.45, 7) is 1.74. The van der Waals surface area contributed by atoms with Crippen LogP contribution >= 0.6 is 15.9 Å². The monoisotopic (exact) mass is 337 g/mol. The Bertz CT molecular complexity index is 638. The van der Waals surface area contributed by atoms with Crippen LogP contribution in [-0.2, 0) is 0 Å². The number of methoxy groups -OCH3 is 1. The number of anilines is 1. The minimum Gasteiger partial charge on any atom is -0.495 e. The Morgan fingerprint density at radius 3 is 2.65 bits per heavy atom. The molecule has 0 spiro atoms. The lowest BCUT2D eigenvalue weighted by Crippen LogP contribution is -2.13. The highest BCUT2D eigenvalue weighted by Gasteiger charge is 2.11. The average Bonchev–Trinajstić information content (AvgIpc) is 2.37. The van der Waals surface area contributed by atoms with Crippen LogP contribution in [0.3, 0.4) is 0 Å². The lowest BCUT2D eigenvalue weighted by atomic mass is 10.1. The molecule has 0 fully saturated rings. The molecule has 2 aromatic carbocycles. The van der Waals surface area contributed by atoms with Gasteiger partial charge in [0.05, 0.1) is 12.8 Å². The topological polar surface area (TPSA) is 38.3 Å². The van der Waals surface area contributed by atoms with Crippen molar-refractivity contribution >= 4 is 27.5 Å². The molecule has 0 unspecified atom stereocenters. The van der Waals surface area contributed by atoms with Gasteiger partial charge in [0, 0.05) is 10.0 Å². The van der Waals surface area contributed by atoms with Gasteiger partial charge in [-0.05, 0) is 48.9 Å². The molecule has 3 nitrogen and oxygen atoms in total. The summed E-state index contributed by atoms with van der Waals surface area (Å²) < 4.78 is 19.3. The zero-order valence-electron chi connectivity index (χ0n) is 11.0. The second-order valence-corrected chi connectivity index (χ2v) is 5.23. The molecule has 0 atom stereocenters. The van der Waals surface area contributed by atoms with Crippen LogP contribution in [0.1, 0.15) is 15.9 Å². The zero-order valence-corrected chi connectivity index (χ0v) is 12.6. The predicted octanol–water partition coefficient (Wildman–Crippen LogP) is 4.16. The Hall–Kier alpha value is -1.88.